The van der Waals surface area contributed by atoms with Crippen molar-refractivity contribution < 1.29 is 20.1 Å². The van der Waals surface area contributed by atoms with Gasteiger partial charge in [0.25, 0.3) is 0 Å². The van der Waals surface area contributed by atoms with Crippen LogP contribution in [0.4, 0.5) is 11.4 Å². The SMILES string of the molecule is [Ir+3].[c-]1ccc2ccccc2c1-c1nccc2ccccc12.[c-]1ccccc1N1[CH-]N(c2ccccc2)C(c2ccccc2)=N1. The van der Waals surface area contributed by atoms with E-state index in [9.17, 15) is 0 Å². The summed E-state index contributed by atoms with van der Waals surface area (Å²) in [6.45, 7) is 1.99. The maximum Gasteiger partial charge on any atom is 3.00 e. The van der Waals surface area contributed by atoms with Gasteiger partial charge in [0, 0.05) is 17.4 Å². The molecule has 1 aromatic heterocycles. The average molecular weight is 744 g/mol. The first-order chi connectivity index (χ1) is 21.3. The fourth-order valence-electron chi connectivity index (χ4n) is 5.22. The largest absolute Gasteiger partial charge is 3.00 e. The van der Waals surface area contributed by atoms with Crippen molar-refractivity contribution >= 4 is 38.8 Å². The smallest absolute Gasteiger partial charge is 0.456 e. The Kier molecular flexibility index (Phi) is 8.88. The molecule has 7 aromatic rings. The van der Waals surface area contributed by atoms with Crippen LogP contribution in [0.2, 0.25) is 0 Å². The molecule has 0 fully saturated rings. The molecule has 5 heteroatoms. The number of amidine groups is 1. The van der Waals surface area contributed by atoms with Gasteiger partial charge in [-0.3, -0.25) is 0 Å². The molecule has 1 aliphatic heterocycles. The van der Waals surface area contributed by atoms with Crippen molar-refractivity contribution in [2.24, 2.45) is 5.10 Å². The van der Waals surface area contributed by atoms with Crippen LogP contribution in [0.3, 0.4) is 0 Å². The molecular weight excluding hydrogens is 717 g/mol. The second-order valence-electron chi connectivity index (χ2n) is 10.0. The number of aromatic nitrogens is 1. The van der Waals surface area contributed by atoms with Crippen LogP contribution in [-0.2, 0) is 20.1 Å². The van der Waals surface area contributed by atoms with Crippen molar-refractivity contribution in [1.29, 1.82) is 0 Å². The number of hydrogen-bond acceptors (Lipinski definition) is 4. The minimum Gasteiger partial charge on any atom is -0.456 e. The Morgan fingerprint density at radius 1 is 0.568 bits per heavy atom. The summed E-state index contributed by atoms with van der Waals surface area (Å²) in [4.78, 5) is 6.69. The Bertz CT molecular complexity index is 1920. The summed E-state index contributed by atoms with van der Waals surface area (Å²) in [5, 5.41) is 11.4. The molecule has 1 aliphatic rings. The van der Waals surface area contributed by atoms with Gasteiger partial charge in [-0.15, -0.1) is 41.9 Å². The molecule has 4 nitrogen and oxygen atoms in total. The summed E-state index contributed by atoms with van der Waals surface area (Å²) in [5.74, 6) is 0.897. The molecule has 0 aliphatic carbocycles. The molecule has 0 saturated heterocycles. The minimum atomic E-state index is 0. The molecule has 0 atom stereocenters. The molecule has 0 saturated carbocycles. The summed E-state index contributed by atoms with van der Waals surface area (Å²) >= 11 is 0. The number of rotatable bonds is 4. The monoisotopic (exact) mass is 744 g/mol. The van der Waals surface area contributed by atoms with E-state index in [2.05, 4.69) is 101 Å². The van der Waals surface area contributed by atoms with E-state index in [-0.39, 0.29) is 20.1 Å². The molecule has 0 amide bonds. The van der Waals surface area contributed by atoms with E-state index in [4.69, 9.17) is 5.10 Å². The number of para-hydroxylation sites is 2. The van der Waals surface area contributed by atoms with Gasteiger partial charge >= 0.3 is 20.1 Å². The van der Waals surface area contributed by atoms with Gasteiger partial charge in [0.2, 0.25) is 0 Å². The van der Waals surface area contributed by atoms with Gasteiger partial charge in [0.1, 0.15) is 5.84 Å². The molecule has 0 bridgehead atoms. The third-order valence-electron chi connectivity index (χ3n) is 7.29. The topological polar surface area (TPSA) is 31.7 Å². The number of pyridine rings is 1. The zero-order valence-electron chi connectivity index (χ0n) is 23.7. The van der Waals surface area contributed by atoms with Gasteiger partial charge in [0.05, 0.1) is 0 Å². The Morgan fingerprint density at radius 2 is 1.23 bits per heavy atom. The van der Waals surface area contributed by atoms with E-state index in [0.717, 1.165) is 34.0 Å². The summed E-state index contributed by atoms with van der Waals surface area (Å²) in [5.41, 5.74) is 5.14. The van der Waals surface area contributed by atoms with Crippen molar-refractivity contribution in [2.75, 3.05) is 9.91 Å². The predicted octanol–water partition coefficient (Wildman–Crippen LogP) is 9.15. The fraction of sp³-hybridized carbons (Fsp3) is 0. The van der Waals surface area contributed by atoms with Crippen LogP contribution in [0.15, 0.2) is 163 Å². The summed E-state index contributed by atoms with van der Waals surface area (Å²) < 4.78 is 0. The molecule has 0 unspecified atom stereocenters. The fourth-order valence-corrected chi connectivity index (χ4v) is 5.22. The summed E-state index contributed by atoms with van der Waals surface area (Å²) in [6.07, 6.45) is 1.87. The van der Waals surface area contributed by atoms with Gasteiger partial charge in [-0.05, 0) is 34.7 Å². The van der Waals surface area contributed by atoms with Crippen molar-refractivity contribution in [3.8, 4) is 11.3 Å². The quantitative estimate of drug-likeness (QED) is 0.169. The number of fused-ring (bicyclic) bond motifs is 2. The first kappa shape index (κ1) is 29.0. The van der Waals surface area contributed by atoms with E-state index >= 15 is 0 Å². The van der Waals surface area contributed by atoms with E-state index in [0.29, 0.717) is 0 Å². The molecule has 0 radical (unpaired) electrons. The zero-order chi connectivity index (χ0) is 28.8. The number of anilines is 2. The number of hydrazone groups is 1. The Morgan fingerprint density at radius 3 is 1.98 bits per heavy atom. The van der Waals surface area contributed by atoms with Gasteiger partial charge in [-0.2, -0.15) is 29.4 Å². The average Bonchev–Trinajstić information content (AvgIpc) is 3.55. The molecule has 6 aromatic carbocycles. The minimum absolute atomic E-state index is 0. The molecule has 8 rings (SSSR count). The Hall–Kier alpha value is -5.09. The van der Waals surface area contributed by atoms with E-state index in [1.807, 2.05) is 90.7 Å². The van der Waals surface area contributed by atoms with Crippen LogP contribution < -0.4 is 9.91 Å². The van der Waals surface area contributed by atoms with Gasteiger partial charge in [-0.1, -0.05) is 108 Å². The maximum atomic E-state index is 4.78. The predicted molar refractivity (Wildman–Crippen MR) is 177 cm³/mol. The second kappa shape index (κ2) is 13.5. The van der Waals surface area contributed by atoms with Crippen LogP contribution in [0.25, 0.3) is 32.8 Å². The Balaban J connectivity index is 0.000000154. The van der Waals surface area contributed by atoms with E-state index in [1.54, 1.807) is 0 Å². The van der Waals surface area contributed by atoms with Gasteiger partial charge < -0.3 is 14.9 Å². The van der Waals surface area contributed by atoms with Crippen LogP contribution in [0.5, 0.6) is 0 Å². The third kappa shape index (κ3) is 6.02. The first-order valence-electron chi connectivity index (χ1n) is 14.2. The normalized spacial score (nSPS) is 12.3. The van der Waals surface area contributed by atoms with Crippen molar-refractivity contribution in [3.05, 3.63) is 182 Å². The van der Waals surface area contributed by atoms with Crippen LogP contribution >= 0.6 is 0 Å². The number of nitrogens with zero attached hydrogens (tertiary/aromatic N) is 4. The molecule has 2 heterocycles. The van der Waals surface area contributed by atoms with Gasteiger partial charge in [-0.25, -0.2) is 0 Å². The van der Waals surface area contributed by atoms with Crippen molar-refractivity contribution in [3.63, 3.8) is 0 Å². The Labute approximate surface area is 271 Å². The van der Waals surface area contributed by atoms with E-state index < -0.39 is 0 Å². The molecular formula is C39H27IrN4. The molecule has 44 heavy (non-hydrogen) atoms. The van der Waals surface area contributed by atoms with Crippen LogP contribution in [0.1, 0.15) is 5.56 Å². The summed E-state index contributed by atoms with van der Waals surface area (Å²) in [7, 11) is 0. The molecule has 0 N–H and O–H groups in total. The third-order valence-corrected chi connectivity index (χ3v) is 7.29. The standard InChI is InChI=1S/C20H15N3.C19H12N.Ir/c1-4-10-17(11-5-1)20-21-23(19-14-8-3-9-15-19)16-22(20)18-12-6-2-7-13-18;1-3-9-16-14(6-1)8-5-11-18(16)19-17-10-4-2-7-15(17)12-13-20-19;/h1-14,16H;1-10,12-13H;/q-2;-1;+3. The zero-order valence-corrected chi connectivity index (χ0v) is 26.1. The van der Waals surface area contributed by atoms with Crippen LogP contribution in [-0.4, -0.2) is 10.8 Å². The van der Waals surface area contributed by atoms with E-state index in [1.165, 1.54) is 21.5 Å². The molecule has 0 spiro atoms. The van der Waals surface area contributed by atoms with Crippen LogP contribution in [0, 0.1) is 18.8 Å². The molecule has 212 valence electrons. The first-order valence-corrected chi connectivity index (χ1v) is 14.2. The number of benzene rings is 6. The second-order valence-corrected chi connectivity index (χ2v) is 10.0. The van der Waals surface area contributed by atoms with Crippen molar-refractivity contribution in [1.82, 2.24) is 4.98 Å². The maximum absolute atomic E-state index is 4.78. The van der Waals surface area contributed by atoms with Gasteiger partial charge in [0.15, 0.2) is 0 Å². The number of hydrogen-bond donors (Lipinski definition) is 0. The van der Waals surface area contributed by atoms with Crippen molar-refractivity contribution in [2.45, 2.75) is 0 Å². The summed E-state index contributed by atoms with van der Waals surface area (Å²) in [6, 6.07) is 57.7.